The average Bonchev–Trinajstić information content (AvgIpc) is 1.17. The van der Waals surface area contributed by atoms with Crippen LogP contribution in [0.3, 0.4) is 0 Å². The summed E-state index contributed by atoms with van der Waals surface area (Å²) in [4.78, 5) is 8.11. The van der Waals surface area contributed by atoms with Crippen molar-refractivity contribution in [1.29, 1.82) is 0 Å². The standard InChI is InChI=1S/C94H108BN3O/c1-55-43-66-69(90(15,16)40-37-87(66,9)10)50-76(55)97-78-52-73-72(93(21,22)64-27-25-26-28-65(64)94(73,23)24)49-75(78)95-74-48-63-62-47-68-71(92(19,20)42-39-89(68,13)14)53-82(62)99-83(63)54-79(74)98(77-51-70-67(44-56(77)2)88(11,12)38-41-91(70,17)18)81-46-61(45-80(97)84(81)95)96(59-33-29-57(30-34-59)85(3,4)5)60-35-31-58(32-36-60)86(6,7)8/h25-36,43-54H,37-42H2,1-24H3. The number of anilines is 9. The molecule has 3 heterocycles. The fourth-order valence-corrected chi connectivity index (χ4v) is 19.5. The SMILES string of the molecule is Cc1cc2c(cc1N1c3cc4c(cc3B3c5cc6c(cc5N(c5cc7c(cc5C)C(C)(C)CCC7(C)C)c5cc(N(c7ccc(C(C)(C)C)cc7)c7ccc(C(C)(C)C)cc7)cc1c53)oc1cc3c(cc16)C(C)(C)CCC3(C)C)C(C)(C)c1ccccc1C4(C)C)C(C)(C)CCC2(C)C. The molecule has 99 heavy (non-hydrogen) atoms. The molecule has 6 aliphatic rings. The van der Waals surface area contributed by atoms with Crippen LogP contribution in [-0.4, -0.2) is 6.71 Å². The third-order valence-electron chi connectivity index (χ3n) is 26.4. The first-order valence-electron chi connectivity index (χ1n) is 37.6. The van der Waals surface area contributed by atoms with Gasteiger partial charge >= 0.3 is 0 Å². The molecule has 10 aromatic rings. The largest absolute Gasteiger partial charge is 0.456 e. The number of rotatable bonds is 5. The summed E-state index contributed by atoms with van der Waals surface area (Å²) in [6.07, 6.45) is 6.84. The third-order valence-corrected chi connectivity index (χ3v) is 26.4. The molecule has 0 saturated heterocycles. The first-order valence-corrected chi connectivity index (χ1v) is 37.6. The summed E-state index contributed by atoms with van der Waals surface area (Å²) in [6.45, 7) is 58.3. The number of furan rings is 1. The van der Waals surface area contributed by atoms with Crippen molar-refractivity contribution in [3.63, 3.8) is 0 Å². The molecule has 9 aromatic carbocycles. The lowest BCUT2D eigenvalue weighted by atomic mass is 9.33. The molecule has 5 heteroatoms. The van der Waals surface area contributed by atoms with Gasteiger partial charge in [-0.2, -0.15) is 0 Å². The van der Waals surface area contributed by atoms with Crippen LogP contribution in [0.4, 0.5) is 51.2 Å². The van der Waals surface area contributed by atoms with Crippen molar-refractivity contribution in [2.75, 3.05) is 14.7 Å². The van der Waals surface area contributed by atoms with E-state index >= 15 is 0 Å². The molecule has 508 valence electrons. The Morgan fingerprint density at radius 1 is 0.333 bits per heavy atom. The highest BCUT2D eigenvalue weighted by molar-refractivity contribution is 7.00. The number of benzene rings is 9. The molecule has 0 fully saturated rings. The van der Waals surface area contributed by atoms with E-state index in [4.69, 9.17) is 4.42 Å². The summed E-state index contributed by atoms with van der Waals surface area (Å²) in [5, 5.41) is 2.40. The minimum atomic E-state index is -0.307. The number of hydrogen-bond acceptors (Lipinski definition) is 4. The van der Waals surface area contributed by atoms with E-state index in [1.54, 1.807) is 0 Å². The molecule has 0 N–H and O–H groups in total. The minimum absolute atomic E-state index is 0.0203. The summed E-state index contributed by atoms with van der Waals surface area (Å²) in [5.74, 6) is 0. The molecule has 0 bridgehead atoms. The van der Waals surface area contributed by atoms with Gasteiger partial charge in [0.2, 0.25) is 0 Å². The maximum atomic E-state index is 7.50. The first-order chi connectivity index (χ1) is 46.1. The molecule has 0 saturated carbocycles. The molecule has 0 unspecified atom stereocenters. The van der Waals surface area contributed by atoms with Gasteiger partial charge in [0.1, 0.15) is 11.2 Å². The van der Waals surface area contributed by atoms with Gasteiger partial charge in [0, 0.05) is 73.2 Å². The second-order valence-electron chi connectivity index (χ2n) is 38.8. The molecule has 4 aliphatic carbocycles. The Morgan fingerprint density at radius 3 is 1.10 bits per heavy atom. The monoisotopic (exact) mass is 1310 g/mol. The number of aryl methyl sites for hydroxylation is 2. The van der Waals surface area contributed by atoms with Crippen LogP contribution in [0.25, 0.3) is 21.9 Å². The van der Waals surface area contributed by atoms with Crippen LogP contribution in [-0.2, 0) is 54.1 Å². The number of hydrogen-bond donors (Lipinski definition) is 0. The smallest absolute Gasteiger partial charge is 0.252 e. The van der Waals surface area contributed by atoms with E-state index in [-0.39, 0.29) is 60.9 Å². The van der Waals surface area contributed by atoms with Crippen molar-refractivity contribution < 1.29 is 4.42 Å². The third kappa shape index (κ3) is 9.77. The van der Waals surface area contributed by atoms with Crippen LogP contribution < -0.4 is 31.1 Å². The zero-order valence-electron chi connectivity index (χ0n) is 64.4. The molecule has 1 aromatic heterocycles. The number of nitrogens with zero attached hydrogens (tertiary/aromatic N) is 3. The average molecular weight is 1310 g/mol. The second kappa shape index (κ2) is 20.9. The summed E-state index contributed by atoms with van der Waals surface area (Å²) in [7, 11) is 0. The minimum Gasteiger partial charge on any atom is -0.456 e. The summed E-state index contributed by atoms with van der Waals surface area (Å²) < 4.78 is 7.50. The Hall–Kier alpha value is -7.76. The molecule has 0 radical (unpaired) electrons. The fourth-order valence-electron chi connectivity index (χ4n) is 19.5. The predicted molar refractivity (Wildman–Crippen MR) is 426 cm³/mol. The lowest BCUT2D eigenvalue weighted by Gasteiger charge is -2.49. The molecule has 4 nitrogen and oxygen atoms in total. The van der Waals surface area contributed by atoms with Crippen LogP contribution in [0.1, 0.15) is 269 Å². The van der Waals surface area contributed by atoms with Gasteiger partial charge in [-0.25, -0.2) is 0 Å². The van der Waals surface area contributed by atoms with E-state index in [0.29, 0.717) is 0 Å². The van der Waals surface area contributed by atoms with E-state index in [0.717, 1.165) is 66.8 Å². The summed E-state index contributed by atoms with van der Waals surface area (Å²) >= 11 is 0. The van der Waals surface area contributed by atoms with E-state index in [2.05, 4.69) is 326 Å². The van der Waals surface area contributed by atoms with Gasteiger partial charge in [-0.05, 0) is 257 Å². The Labute approximate surface area is 594 Å². The lowest BCUT2D eigenvalue weighted by molar-refractivity contribution is 0.332. The highest BCUT2D eigenvalue weighted by Crippen LogP contribution is 2.58. The maximum absolute atomic E-state index is 7.50. The van der Waals surface area contributed by atoms with E-state index < -0.39 is 0 Å². The van der Waals surface area contributed by atoms with Crippen LogP contribution in [0.15, 0.2) is 150 Å². The van der Waals surface area contributed by atoms with E-state index in [1.165, 1.54) is 139 Å². The Bertz CT molecular complexity index is 5020. The van der Waals surface area contributed by atoms with Crippen molar-refractivity contribution in [2.24, 2.45) is 0 Å². The first kappa shape index (κ1) is 65.8. The predicted octanol–water partition coefficient (Wildman–Crippen LogP) is 24.4. The van der Waals surface area contributed by atoms with Crippen molar-refractivity contribution in [1.82, 2.24) is 0 Å². The summed E-state index contributed by atoms with van der Waals surface area (Å²) in [6, 6.07) is 59.7. The van der Waals surface area contributed by atoms with E-state index in [9.17, 15) is 0 Å². The van der Waals surface area contributed by atoms with Gasteiger partial charge in [-0.15, -0.1) is 0 Å². The Kier molecular flexibility index (Phi) is 13.9. The van der Waals surface area contributed by atoms with Crippen LogP contribution in [0.5, 0.6) is 0 Å². The van der Waals surface area contributed by atoms with Crippen molar-refractivity contribution >= 4 is 96.2 Å². The maximum Gasteiger partial charge on any atom is 0.252 e. The van der Waals surface area contributed by atoms with Crippen LogP contribution in [0, 0.1) is 13.8 Å². The van der Waals surface area contributed by atoms with Gasteiger partial charge in [0.25, 0.3) is 6.71 Å². The Balaban J connectivity index is 1.10. The molecule has 0 atom stereocenters. The molecule has 0 amide bonds. The lowest BCUT2D eigenvalue weighted by Crippen LogP contribution is -2.62. The van der Waals surface area contributed by atoms with Gasteiger partial charge in [0.15, 0.2) is 0 Å². The molecular weight excluding hydrogens is 1200 g/mol. The molecule has 0 spiro atoms. The zero-order valence-corrected chi connectivity index (χ0v) is 64.4. The Morgan fingerprint density at radius 2 is 0.677 bits per heavy atom. The normalized spacial score (nSPS) is 19.7. The highest BCUT2D eigenvalue weighted by Gasteiger charge is 2.51. The molecule has 2 aliphatic heterocycles. The van der Waals surface area contributed by atoms with Crippen LogP contribution in [0.2, 0.25) is 0 Å². The zero-order chi connectivity index (χ0) is 70.6. The quantitative estimate of drug-likeness (QED) is 0.160. The van der Waals surface area contributed by atoms with Gasteiger partial charge < -0.3 is 19.1 Å². The van der Waals surface area contributed by atoms with Crippen molar-refractivity contribution in [3.8, 4) is 0 Å². The summed E-state index contributed by atoms with van der Waals surface area (Å²) in [5.41, 5.74) is 35.5. The van der Waals surface area contributed by atoms with Crippen molar-refractivity contribution in [2.45, 2.75) is 259 Å². The van der Waals surface area contributed by atoms with Gasteiger partial charge in [0.05, 0.1) is 5.69 Å². The number of fused-ring (bicyclic) bond motifs is 12. The second-order valence-corrected chi connectivity index (χ2v) is 38.8. The molecule has 16 rings (SSSR count). The van der Waals surface area contributed by atoms with E-state index in [1.807, 2.05) is 0 Å². The highest BCUT2D eigenvalue weighted by atomic mass is 16.3. The molecular formula is C94H108BN3O. The van der Waals surface area contributed by atoms with Gasteiger partial charge in [-0.3, -0.25) is 0 Å². The van der Waals surface area contributed by atoms with Gasteiger partial charge in [-0.1, -0.05) is 225 Å². The fraction of sp³-hybridized carbons (Fsp3) is 0.426. The van der Waals surface area contributed by atoms with Crippen LogP contribution >= 0.6 is 0 Å². The van der Waals surface area contributed by atoms with Crippen molar-refractivity contribution in [3.05, 3.63) is 223 Å². The topological polar surface area (TPSA) is 22.9 Å².